The molecule has 1 fully saturated rings. The molecule has 2 aromatic rings. The molecule has 144 valence electrons. The van der Waals surface area contributed by atoms with E-state index in [9.17, 15) is 9.59 Å². The molecule has 1 atom stereocenters. The van der Waals surface area contributed by atoms with E-state index in [-0.39, 0.29) is 24.2 Å². The molecule has 0 saturated carbocycles. The van der Waals surface area contributed by atoms with Crippen LogP contribution >= 0.6 is 12.4 Å². The molecule has 6 nitrogen and oxygen atoms in total. The Morgan fingerprint density at radius 1 is 1.30 bits per heavy atom. The molecule has 2 aliphatic rings. The van der Waals surface area contributed by atoms with Gasteiger partial charge in [-0.3, -0.25) is 9.59 Å². The number of anilines is 1. The molecule has 2 N–H and O–H groups in total. The highest BCUT2D eigenvalue weighted by Gasteiger charge is 2.28. The fourth-order valence-corrected chi connectivity index (χ4v) is 3.75. The fraction of sp³-hybridized carbons (Fsp3) is 0.400. The Labute approximate surface area is 164 Å². The number of para-hydroxylation sites is 1. The minimum absolute atomic E-state index is 0. The zero-order chi connectivity index (χ0) is 17.9. The molecular formula is C20H24ClN3O3. The number of fused-ring (bicyclic) bond motifs is 1. The molecule has 7 heteroatoms. The van der Waals surface area contributed by atoms with Crippen LogP contribution in [0.15, 0.2) is 41.0 Å². The summed E-state index contributed by atoms with van der Waals surface area (Å²) in [4.78, 5) is 26.5. The van der Waals surface area contributed by atoms with E-state index in [1.165, 1.54) is 12.7 Å². The maximum absolute atomic E-state index is 12.5. The van der Waals surface area contributed by atoms with Crippen LogP contribution in [0.3, 0.4) is 0 Å². The molecule has 0 aliphatic carbocycles. The Kier molecular flexibility index (Phi) is 6.19. The van der Waals surface area contributed by atoms with Crippen molar-refractivity contribution in [2.75, 3.05) is 24.5 Å². The number of nitrogens with zero attached hydrogens (tertiary/aromatic N) is 1. The first kappa shape index (κ1) is 19.5. The topological polar surface area (TPSA) is 74.6 Å². The molecule has 2 amide bonds. The predicted molar refractivity (Wildman–Crippen MR) is 105 cm³/mol. The van der Waals surface area contributed by atoms with Gasteiger partial charge in [0, 0.05) is 17.8 Å². The average molecular weight is 390 g/mol. The molecule has 1 aromatic heterocycles. The molecule has 2 aliphatic heterocycles. The summed E-state index contributed by atoms with van der Waals surface area (Å²) in [5.41, 5.74) is 2.67. The summed E-state index contributed by atoms with van der Waals surface area (Å²) in [6.07, 6.45) is 4.05. The number of carbonyl (C=O) groups excluding carboxylic acids is 2. The Hall–Kier alpha value is -2.31. The highest BCUT2D eigenvalue weighted by Crippen LogP contribution is 2.30. The van der Waals surface area contributed by atoms with Crippen LogP contribution in [0.25, 0.3) is 0 Å². The standard InChI is InChI=1S/C20H23N3O3.ClH/c24-18-11-15-3-1-2-4-17(15)23(18)13-16-7-10-26-19(16)20(25)22-9-6-14-5-8-21-12-14;/h1-4,7,10,14,21H,5-6,8-9,11-13H2,(H,22,25);1H. The second kappa shape index (κ2) is 8.59. The van der Waals surface area contributed by atoms with Gasteiger partial charge in [-0.2, -0.15) is 0 Å². The number of hydrogen-bond donors (Lipinski definition) is 2. The Morgan fingerprint density at radius 2 is 2.15 bits per heavy atom. The van der Waals surface area contributed by atoms with Crippen LogP contribution in [0, 0.1) is 5.92 Å². The summed E-state index contributed by atoms with van der Waals surface area (Å²) in [6, 6.07) is 9.53. The van der Waals surface area contributed by atoms with E-state index in [4.69, 9.17) is 4.42 Å². The summed E-state index contributed by atoms with van der Waals surface area (Å²) in [5.74, 6) is 0.764. The quantitative estimate of drug-likeness (QED) is 0.796. The first-order valence-electron chi connectivity index (χ1n) is 9.16. The van der Waals surface area contributed by atoms with Gasteiger partial charge >= 0.3 is 0 Å². The molecule has 0 radical (unpaired) electrons. The van der Waals surface area contributed by atoms with Crippen LogP contribution in [0.2, 0.25) is 0 Å². The third-order valence-electron chi connectivity index (χ3n) is 5.21. The highest BCUT2D eigenvalue weighted by atomic mass is 35.5. The van der Waals surface area contributed by atoms with Crippen molar-refractivity contribution in [3.05, 3.63) is 53.5 Å². The lowest BCUT2D eigenvalue weighted by molar-refractivity contribution is -0.117. The van der Waals surface area contributed by atoms with E-state index >= 15 is 0 Å². The van der Waals surface area contributed by atoms with Crippen LogP contribution < -0.4 is 15.5 Å². The zero-order valence-electron chi connectivity index (χ0n) is 15.1. The molecule has 0 spiro atoms. The molecular weight excluding hydrogens is 366 g/mol. The lowest BCUT2D eigenvalue weighted by atomic mass is 10.1. The van der Waals surface area contributed by atoms with Gasteiger partial charge in [-0.05, 0) is 49.5 Å². The van der Waals surface area contributed by atoms with Gasteiger partial charge in [0.25, 0.3) is 5.91 Å². The van der Waals surface area contributed by atoms with Crippen molar-refractivity contribution >= 4 is 29.9 Å². The van der Waals surface area contributed by atoms with Crippen molar-refractivity contribution in [2.24, 2.45) is 5.92 Å². The average Bonchev–Trinajstić information content (AvgIpc) is 3.37. The third kappa shape index (κ3) is 4.17. The minimum Gasteiger partial charge on any atom is -0.459 e. The summed E-state index contributed by atoms with van der Waals surface area (Å²) in [7, 11) is 0. The molecule has 0 bridgehead atoms. The molecule has 4 rings (SSSR count). The number of benzene rings is 1. The molecule has 27 heavy (non-hydrogen) atoms. The van der Waals surface area contributed by atoms with Gasteiger partial charge in [-0.1, -0.05) is 18.2 Å². The number of nitrogens with one attached hydrogen (secondary N) is 2. The van der Waals surface area contributed by atoms with E-state index in [0.29, 0.717) is 31.2 Å². The first-order chi connectivity index (χ1) is 12.7. The van der Waals surface area contributed by atoms with Gasteiger partial charge < -0.3 is 20.0 Å². The second-order valence-corrected chi connectivity index (χ2v) is 6.96. The van der Waals surface area contributed by atoms with Crippen molar-refractivity contribution < 1.29 is 14.0 Å². The zero-order valence-corrected chi connectivity index (χ0v) is 15.9. The molecule has 1 aromatic carbocycles. The Bertz CT molecular complexity index is 814. The van der Waals surface area contributed by atoms with Crippen LogP contribution in [-0.4, -0.2) is 31.4 Å². The SMILES string of the molecule is Cl.O=C(NCCC1CCNC1)c1occc1CN1C(=O)Cc2ccccc21. The lowest BCUT2D eigenvalue weighted by Crippen LogP contribution is -2.29. The number of hydrogen-bond acceptors (Lipinski definition) is 4. The highest BCUT2D eigenvalue weighted by molar-refractivity contribution is 6.01. The van der Waals surface area contributed by atoms with E-state index in [1.54, 1.807) is 11.0 Å². The second-order valence-electron chi connectivity index (χ2n) is 6.96. The minimum atomic E-state index is -0.212. The van der Waals surface area contributed by atoms with Crippen LogP contribution in [-0.2, 0) is 17.8 Å². The monoisotopic (exact) mass is 389 g/mol. The summed E-state index contributed by atoms with van der Waals surface area (Å²) < 4.78 is 5.42. The van der Waals surface area contributed by atoms with Crippen molar-refractivity contribution in [3.63, 3.8) is 0 Å². The van der Waals surface area contributed by atoms with E-state index < -0.39 is 0 Å². The van der Waals surface area contributed by atoms with Crippen LogP contribution in [0.4, 0.5) is 5.69 Å². The number of furan rings is 1. The van der Waals surface area contributed by atoms with Crippen molar-refractivity contribution in [2.45, 2.75) is 25.8 Å². The number of halogens is 1. The summed E-state index contributed by atoms with van der Waals surface area (Å²) in [5, 5.41) is 6.27. The fourth-order valence-electron chi connectivity index (χ4n) is 3.75. The normalized spacial score (nSPS) is 18.3. The number of amides is 2. The molecule has 1 unspecified atom stereocenters. The maximum atomic E-state index is 12.5. The van der Waals surface area contributed by atoms with Crippen molar-refractivity contribution in [3.8, 4) is 0 Å². The predicted octanol–water partition coefficient (Wildman–Crippen LogP) is 2.52. The van der Waals surface area contributed by atoms with Gasteiger partial charge in [0.05, 0.1) is 19.2 Å². The van der Waals surface area contributed by atoms with E-state index in [0.717, 1.165) is 36.3 Å². The van der Waals surface area contributed by atoms with Crippen molar-refractivity contribution in [1.82, 2.24) is 10.6 Å². The summed E-state index contributed by atoms with van der Waals surface area (Å²) >= 11 is 0. The number of rotatable bonds is 6. The van der Waals surface area contributed by atoms with E-state index in [2.05, 4.69) is 10.6 Å². The summed E-state index contributed by atoms with van der Waals surface area (Å²) in [6.45, 7) is 3.07. The molecule has 3 heterocycles. The smallest absolute Gasteiger partial charge is 0.287 e. The van der Waals surface area contributed by atoms with Gasteiger partial charge in [0.15, 0.2) is 5.76 Å². The van der Waals surface area contributed by atoms with Crippen LogP contribution in [0.1, 0.15) is 34.5 Å². The Balaban J connectivity index is 0.00000210. The lowest BCUT2D eigenvalue weighted by Gasteiger charge is -2.17. The first-order valence-corrected chi connectivity index (χ1v) is 9.16. The van der Waals surface area contributed by atoms with E-state index in [1.807, 2.05) is 24.3 Å². The number of carbonyl (C=O) groups is 2. The largest absolute Gasteiger partial charge is 0.459 e. The van der Waals surface area contributed by atoms with Gasteiger partial charge in [0.1, 0.15) is 0 Å². The Morgan fingerprint density at radius 3 is 2.96 bits per heavy atom. The third-order valence-corrected chi connectivity index (χ3v) is 5.21. The van der Waals surface area contributed by atoms with Crippen molar-refractivity contribution in [1.29, 1.82) is 0 Å². The van der Waals surface area contributed by atoms with Crippen LogP contribution in [0.5, 0.6) is 0 Å². The molecule has 1 saturated heterocycles. The van der Waals surface area contributed by atoms with Gasteiger partial charge in [0.2, 0.25) is 5.91 Å². The van der Waals surface area contributed by atoms with Gasteiger partial charge in [-0.15, -0.1) is 12.4 Å². The maximum Gasteiger partial charge on any atom is 0.287 e. The van der Waals surface area contributed by atoms with Gasteiger partial charge in [-0.25, -0.2) is 0 Å².